The highest BCUT2D eigenvalue weighted by atomic mass is 35.5. The van der Waals surface area contributed by atoms with Gasteiger partial charge in [0.05, 0.1) is 6.33 Å². The number of aryl methyl sites for hydroxylation is 1. The lowest BCUT2D eigenvalue weighted by molar-refractivity contribution is 0.523. The zero-order valence-electron chi connectivity index (χ0n) is 11.5. The molecule has 0 aliphatic heterocycles. The fourth-order valence-electron chi connectivity index (χ4n) is 2.11. The molecule has 0 saturated heterocycles. The summed E-state index contributed by atoms with van der Waals surface area (Å²) in [5.74, 6) is 0. The Morgan fingerprint density at radius 3 is 2.90 bits per heavy atom. The highest BCUT2D eigenvalue weighted by Gasteiger charge is 2.09. The van der Waals surface area contributed by atoms with Gasteiger partial charge in [0.15, 0.2) is 0 Å². The monoisotopic (exact) mass is 311 g/mol. The van der Waals surface area contributed by atoms with Crippen molar-refractivity contribution in [3.63, 3.8) is 0 Å². The molecule has 0 spiro atoms. The van der Waals surface area contributed by atoms with Crippen molar-refractivity contribution in [2.24, 2.45) is 0 Å². The molecule has 1 aromatic heterocycles. The summed E-state index contributed by atoms with van der Waals surface area (Å²) in [7, 11) is 0. The van der Waals surface area contributed by atoms with Crippen molar-refractivity contribution in [1.29, 1.82) is 0 Å². The molecule has 0 bridgehead atoms. The highest BCUT2D eigenvalue weighted by Crippen LogP contribution is 2.26. The molecule has 1 aromatic carbocycles. The first-order valence-electron chi connectivity index (χ1n) is 6.81. The Morgan fingerprint density at radius 2 is 2.15 bits per heavy atom. The lowest BCUT2D eigenvalue weighted by Gasteiger charge is -2.16. The van der Waals surface area contributed by atoms with E-state index in [0.29, 0.717) is 0 Å². The Bertz CT molecular complexity index is 526. The zero-order chi connectivity index (χ0) is 14.4. The standard InChI is InChI=1S/C15H19Cl2N3/c1-12(14-10-13(16)4-5-15(14)17)19-6-2-3-8-20-9-7-18-11-20/h4-5,7,9-12,19H,2-3,6,8H2,1H3. The molecule has 0 fully saturated rings. The third-order valence-electron chi connectivity index (χ3n) is 3.28. The molecule has 3 nitrogen and oxygen atoms in total. The second kappa shape index (κ2) is 7.67. The Labute approximate surface area is 129 Å². The third kappa shape index (κ3) is 4.51. The SMILES string of the molecule is CC(NCCCCn1ccnc1)c1cc(Cl)ccc1Cl. The van der Waals surface area contributed by atoms with Crippen molar-refractivity contribution in [3.05, 3.63) is 52.5 Å². The van der Waals surface area contributed by atoms with Crippen LogP contribution in [-0.2, 0) is 6.54 Å². The first kappa shape index (κ1) is 15.4. The molecular formula is C15H19Cl2N3. The van der Waals surface area contributed by atoms with Gasteiger partial charge in [-0.05, 0) is 50.1 Å². The molecule has 1 N–H and O–H groups in total. The van der Waals surface area contributed by atoms with Gasteiger partial charge in [-0.15, -0.1) is 0 Å². The maximum absolute atomic E-state index is 6.19. The number of halogens is 2. The smallest absolute Gasteiger partial charge is 0.0945 e. The fraction of sp³-hybridized carbons (Fsp3) is 0.400. The Morgan fingerprint density at radius 1 is 1.30 bits per heavy atom. The first-order valence-corrected chi connectivity index (χ1v) is 7.56. The maximum Gasteiger partial charge on any atom is 0.0945 e. The fourth-order valence-corrected chi connectivity index (χ4v) is 2.58. The van der Waals surface area contributed by atoms with Crippen LogP contribution in [0.2, 0.25) is 10.0 Å². The molecule has 20 heavy (non-hydrogen) atoms. The predicted octanol–water partition coefficient (Wildman–Crippen LogP) is 4.32. The van der Waals surface area contributed by atoms with E-state index in [-0.39, 0.29) is 6.04 Å². The van der Waals surface area contributed by atoms with Gasteiger partial charge in [0, 0.05) is 35.0 Å². The van der Waals surface area contributed by atoms with E-state index < -0.39 is 0 Å². The molecule has 0 saturated carbocycles. The van der Waals surface area contributed by atoms with Gasteiger partial charge in [0.1, 0.15) is 0 Å². The van der Waals surface area contributed by atoms with Crippen LogP contribution in [0.4, 0.5) is 0 Å². The number of benzene rings is 1. The van der Waals surface area contributed by atoms with Gasteiger partial charge in [0.25, 0.3) is 0 Å². The quantitative estimate of drug-likeness (QED) is 0.772. The van der Waals surface area contributed by atoms with Crippen LogP contribution < -0.4 is 5.32 Å². The summed E-state index contributed by atoms with van der Waals surface area (Å²) in [5, 5.41) is 4.96. The van der Waals surface area contributed by atoms with Gasteiger partial charge in [0.2, 0.25) is 0 Å². The van der Waals surface area contributed by atoms with Crippen molar-refractivity contribution < 1.29 is 0 Å². The van der Waals surface area contributed by atoms with Crippen LogP contribution in [0.1, 0.15) is 31.4 Å². The summed E-state index contributed by atoms with van der Waals surface area (Å²) in [6, 6.07) is 5.78. The lowest BCUT2D eigenvalue weighted by Crippen LogP contribution is -2.20. The number of hydrogen-bond donors (Lipinski definition) is 1. The predicted molar refractivity (Wildman–Crippen MR) is 84.3 cm³/mol. The summed E-state index contributed by atoms with van der Waals surface area (Å²) in [6.45, 7) is 4.07. The summed E-state index contributed by atoms with van der Waals surface area (Å²) < 4.78 is 2.09. The van der Waals surface area contributed by atoms with Crippen molar-refractivity contribution in [3.8, 4) is 0 Å². The minimum absolute atomic E-state index is 0.203. The summed E-state index contributed by atoms with van der Waals surface area (Å²) in [6.07, 6.45) is 7.88. The Kier molecular flexibility index (Phi) is 5.89. The van der Waals surface area contributed by atoms with E-state index in [1.165, 1.54) is 0 Å². The summed E-state index contributed by atoms with van der Waals surface area (Å²) >= 11 is 12.2. The number of hydrogen-bond acceptors (Lipinski definition) is 2. The second-order valence-corrected chi connectivity index (χ2v) is 5.69. The zero-order valence-corrected chi connectivity index (χ0v) is 13.0. The molecule has 1 atom stereocenters. The molecule has 0 amide bonds. The number of unbranched alkanes of at least 4 members (excludes halogenated alkanes) is 1. The minimum Gasteiger partial charge on any atom is -0.337 e. The number of nitrogens with one attached hydrogen (secondary N) is 1. The van der Waals surface area contributed by atoms with Gasteiger partial charge in [-0.3, -0.25) is 0 Å². The van der Waals surface area contributed by atoms with E-state index in [1.807, 2.05) is 36.9 Å². The number of aromatic nitrogens is 2. The second-order valence-electron chi connectivity index (χ2n) is 4.85. The van der Waals surface area contributed by atoms with Gasteiger partial charge < -0.3 is 9.88 Å². The molecule has 2 rings (SSSR count). The van der Waals surface area contributed by atoms with E-state index in [9.17, 15) is 0 Å². The lowest BCUT2D eigenvalue weighted by atomic mass is 10.1. The van der Waals surface area contributed by atoms with E-state index in [0.717, 1.165) is 41.5 Å². The molecule has 0 radical (unpaired) electrons. The largest absolute Gasteiger partial charge is 0.337 e. The molecule has 2 aromatic rings. The van der Waals surface area contributed by atoms with Crippen LogP contribution in [-0.4, -0.2) is 16.1 Å². The normalized spacial score (nSPS) is 12.6. The van der Waals surface area contributed by atoms with Gasteiger partial charge in [-0.25, -0.2) is 4.98 Å². The van der Waals surface area contributed by atoms with E-state index in [4.69, 9.17) is 23.2 Å². The van der Waals surface area contributed by atoms with Gasteiger partial charge >= 0.3 is 0 Å². The Hall–Kier alpha value is -1.03. The minimum atomic E-state index is 0.203. The summed E-state index contributed by atoms with van der Waals surface area (Å²) in [5.41, 5.74) is 1.05. The van der Waals surface area contributed by atoms with Crippen LogP contribution in [0.5, 0.6) is 0 Å². The topological polar surface area (TPSA) is 29.9 Å². The average molecular weight is 312 g/mol. The van der Waals surface area contributed by atoms with Gasteiger partial charge in [-0.2, -0.15) is 0 Å². The molecule has 108 valence electrons. The van der Waals surface area contributed by atoms with Crippen molar-refractivity contribution >= 4 is 23.2 Å². The van der Waals surface area contributed by atoms with Gasteiger partial charge in [-0.1, -0.05) is 23.2 Å². The molecule has 1 heterocycles. The van der Waals surface area contributed by atoms with Crippen LogP contribution in [0.25, 0.3) is 0 Å². The maximum atomic E-state index is 6.19. The average Bonchev–Trinajstić information content (AvgIpc) is 2.94. The van der Waals surface area contributed by atoms with E-state index in [1.54, 1.807) is 0 Å². The number of imidazole rings is 1. The van der Waals surface area contributed by atoms with Crippen LogP contribution in [0.15, 0.2) is 36.9 Å². The van der Waals surface area contributed by atoms with Crippen LogP contribution in [0.3, 0.4) is 0 Å². The molecular weight excluding hydrogens is 293 g/mol. The van der Waals surface area contributed by atoms with Crippen molar-refractivity contribution in [2.45, 2.75) is 32.4 Å². The van der Waals surface area contributed by atoms with Crippen molar-refractivity contribution in [1.82, 2.24) is 14.9 Å². The van der Waals surface area contributed by atoms with Crippen molar-refractivity contribution in [2.75, 3.05) is 6.54 Å². The van der Waals surface area contributed by atoms with E-state index >= 15 is 0 Å². The molecule has 0 aliphatic carbocycles. The Balaban J connectivity index is 1.72. The number of nitrogens with zero attached hydrogens (tertiary/aromatic N) is 2. The van der Waals surface area contributed by atoms with Crippen LogP contribution >= 0.6 is 23.2 Å². The summed E-state index contributed by atoms with van der Waals surface area (Å²) in [4.78, 5) is 4.03. The molecule has 1 unspecified atom stereocenters. The highest BCUT2D eigenvalue weighted by molar-refractivity contribution is 6.33. The number of rotatable bonds is 7. The third-order valence-corrected chi connectivity index (χ3v) is 3.86. The molecule has 0 aliphatic rings. The molecule has 5 heteroatoms. The van der Waals surface area contributed by atoms with E-state index in [2.05, 4.69) is 21.8 Å². The van der Waals surface area contributed by atoms with Crippen LogP contribution in [0, 0.1) is 0 Å². The first-order chi connectivity index (χ1) is 9.66.